The third-order valence-corrected chi connectivity index (χ3v) is 5.64. The number of carbonyl (C=O) groups is 2. The van der Waals surface area contributed by atoms with Gasteiger partial charge in [0.05, 0.1) is 11.8 Å². The van der Waals surface area contributed by atoms with Gasteiger partial charge in [0.1, 0.15) is 5.82 Å². The minimum Gasteiger partial charge on any atom is -0.353 e. The molecule has 0 bridgehead atoms. The Balaban J connectivity index is 1.27. The summed E-state index contributed by atoms with van der Waals surface area (Å²) in [6, 6.07) is 13.8. The molecule has 28 heavy (non-hydrogen) atoms. The molecular formula is C22H26N4O2. The minimum atomic E-state index is -0.202. The molecule has 0 spiro atoms. The van der Waals surface area contributed by atoms with Crippen LogP contribution >= 0.6 is 0 Å². The largest absolute Gasteiger partial charge is 0.353 e. The summed E-state index contributed by atoms with van der Waals surface area (Å²) in [5.74, 6) is 0.646. The maximum Gasteiger partial charge on any atom is 0.228 e. The van der Waals surface area contributed by atoms with Crippen LogP contribution in [-0.2, 0) is 16.0 Å². The predicted molar refractivity (Wildman–Crippen MR) is 109 cm³/mol. The zero-order chi connectivity index (χ0) is 19.5. The highest BCUT2D eigenvalue weighted by Crippen LogP contribution is 2.41. The molecule has 146 valence electrons. The number of aryl methyl sites for hydroxylation is 1. The quantitative estimate of drug-likeness (QED) is 0.868. The van der Waals surface area contributed by atoms with Gasteiger partial charge in [-0.3, -0.25) is 9.59 Å². The average Bonchev–Trinajstić information content (AvgIpc) is 3.56. The Bertz CT molecular complexity index is 829. The Morgan fingerprint density at radius 1 is 1.04 bits per heavy atom. The second-order valence-electron chi connectivity index (χ2n) is 7.49. The number of nitrogens with one attached hydrogen (secondary N) is 1. The van der Waals surface area contributed by atoms with Crippen LogP contribution in [0.4, 0.5) is 11.5 Å². The van der Waals surface area contributed by atoms with E-state index in [1.54, 1.807) is 6.20 Å². The van der Waals surface area contributed by atoms with Crippen molar-refractivity contribution in [2.45, 2.75) is 19.8 Å². The molecule has 2 aromatic rings. The zero-order valence-electron chi connectivity index (χ0n) is 16.2. The van der Waals surface area contributed by atoms with Crippen molar-refractivity contribution in [1.29, 1.82) is 0 Å². The highest BCUT2D eigenvalue weighted by molar-refractivity contribution is 5.99. The molecule has 0 radical (unpaired) electrons. The predicted octanol–water partition coefficient (Wildman–Crippen LogP) is 2.57. The number of carbonyl (C=O) groups excluding carboxylic acids is 2. The van der Waals surface area contributed by atoms with E-state index in [1.807, 2.05) is 47.4 Å². The number of benzene rings is 1. The van der Waals surface area contributed by atoms with Gasteiger partial charge >= 0.3 is 0 Å². The molecule has 1 aliphatic carbocycles. The molecule has 4 rings (SSSR count). The van der Waals surface area contributed by atoms with Crippen molar-refractivity contribution in [3.05, 3.63) is 54.2 Å². The van der Waals surface area contributed by atoms with Gasteiger partial charge in [-0.05, 0) is 42.7 Å². The molecule has 2 amide bonds. The van der Waals surface area contributed by atoms with Gasteiger partial charge in [0.2, 0.25) is 11.8 Å². The number of nitrogens with zero attached hydrogens (tertiary/aromatic N) is 3. The van der Waals surface area contributed by atoms with Crippen molar-refractivity contribution in [3.8, 4) is 0 Å². The van der Waals surface area contributed by atoms with E-state index in [0.717, 1.165) is 31.0 Å². The van der Waals surface area contributed by atoms with Crippen molar-refractivity contribution in [2.24, 2.45) is 11.8 Å². The Morgan fingerprint density at radius 2 is 1.79 bits per heavy atom. The van der Waals surface area contributed by atoms with E-state index >= 15 is 0 Å². The van der Waals surface area contributed by atoms with Crippen LogP contribution in [0, 0.1) is 11.8 Å². The van der Waals surface area contributed by atoms with Crippen molar-refractivity contribution in [1.82, 2.24) is 9.88 Å². The first-order valence-electron chi connectivity index (χ1n) is 10.0. The molecule has 2 atom stereocenters. The molecule has 6 nitrogen and oxygen atoms in total. The molecule has 2 unspecified atom stereocenters. The molecule has 2 fully saturated rings. The molecule has 2 heterocycles. The number of hydrogen-bond donors (Lipinski definition) is 1. The maximum absolute atomic E-state index is 12.8. The van der Waals surface area contributed by atoms with Crippen LogP contribution in [0.3, 0.4) is 0 Å². The lowest BCUT2D eigenvalue weighted by Gasteiger charge is -2.35. The van der Waals surface area contributed by atoms with Gasteiger partial charge in [-0.2, -0.15) is 0 Å². The zero-order valence-corrected chi connectivity index (χ0v) is 16.2. The van der Waals surface area contributed by atoms with E-state index in [0.29, 0.717) is 19.5 Å². The fourth-order valence-corrected chi connectivity index (χ4v) is 3.75. The second-order valence-corrected chi connectivity index (χ2v) is 7.49. The summed E-state index contributed by atoms with van der Waals surface area (Å²) in [6.45, 7) is 5.01. The molecule has 1 saturated heterocycles. The van der Waals surface area contributed by atoms with Crippen molar-refractivity contribution in [2.75, 3.05) is 36.4 Å². The lowest BCUT2D eigenvalue weighted by Crippen LogP contribution is -2.49. The summed E-state index contributed by atoms with van der Waals surface area (Å²) in [4.78, 5) is 33.7. The molecule has 1 aromatic heterocycles. The Kier molecular flexibility index (Phi) is 5.28. The first-order valence-corrected chi connectivity index (χ1v) is 10.0. The van der Waals surface area contributed by atoms with E-state index in [2.05, 4.69) is 22.1 Å². The van der Waals surface area contributed by atoms with Gasteiger partial charge < -0.3 is 15.1 Å². The number of piperazine rings is 1. The van der Waals surface area contributed by atoms with Crippen LogP contribution in [0.5, 0.6) is 0 Å². The lowest BCUT2D eigenvalue weighted by atomic mass is 10.1. The molecule has 1 aromatic carbocycles. The first kappa shape index (κ1) is 18.5. The summed E-state index contributed by atoms with van der Waals surface area (Å²) in [5, 5.41) is 2.95. The molecule has 1 saturated carbocycles. The number of aromatic nitrogens is 1. The average molecular weight is 378 g/mol. The molecule has 1 N–H and O–H groups in total. The number of hydrogen-bond acceptors (Lipinski definition) is 4. The van der Waals surface area contributed by atoms with Gasteiger partial charge in [0.25, 0.3) is 0 Å². The molecule has 1 aliphatic heterocycles. The molecule has 6 heteroatoms. The van der Waals surface area contributed by atoms with E-state index < -0.39 is 0 Å². The highest BCUT2D eigenvalue weighted by atomic mass is 16.2. The Hall–Kier alpha value is -2.89. The minimum absolute atomic E-state index is 0.0466. The third kappa shape index (κ3) is 4.01. The summed E-state index contributed by atoms with van der Waals surface area (Å²) in [6.07, 6.45) is 3.41. The van der Waals surface area contributed by atoms with Crippen LogP contribution in [0.2, 0.25) is 0 Å². The monoisotopic (exact) mass is 378 g/mol. The maximum atomic E-state index is 12.8. The fraction of sp³-hybridized carbons (Fsp3) is 0.409. The van der Waals surface area contributed by atoms with Gasteiger partial charge in [0, 0.05) is 38.1 Å². The third-order valence-electron chi connectivity index (χ3n) is 5.64. The Morgan fingerprint density at radius 3 is 2.43 bits per heavy atom. The summed E-state index contributed by atoms with van der Waals surface area (Å²) in [5.41, 5.74) is 2.03. The summed E-state index contributed by atoms with van der Waals surface area (Å²) >= 11 is 0. The fourth-order valence-electron chi connectivity index (χ4n) is 3.75. The lowest BCUT2D eigenvalue weighted by molar-refractivity contribution is -0.134. The smallest absolute Gasteiger partial charge is 0.228 e. The van der Waals surface area contributed by atoms with Crippen molar-refractivity contribution < 1.29 is 9.59 Å². The number of pyridine rings is 1. The number of anilines is 2. The molecule has 2 aliphatic rings. The van der Waals surface area contributed by atoms with Crippen LogP contribution < -0.4 is 10.2 Å². The van der Waals surface area contributed by atoms with Gasteiger partial charge in [-0.25, -0.2) is 4.98 Å². The highest BCUT2D eigenvalue weighted by Gasteiger charge is 2.49. The number of amides is 2. The van der Waals surface area contributed by atoms with Crippen LogP contribution in [-0.4, -0.2) is 47.9 Å². The van der Waals surface area contributed by atoms with E-state index in [9.17, 15) is 9.59 Å². The standard InChI is InChI=1S/C22H26N4O2/c1-2-16-6-8-17(9-7-16)24-21(27)18-15-19(18)22(28)26-13-11-25(12-14-26)20-5-3-4-10-23-20/h3-10,18-19H,2,11-15H2,1H3,(H,24,27). The van der Waals surface area contributed by atoms with Crippen LogP contribution in [0.15, 0.2) is 48.7 Å². The normalized spacial score (nSPS) is 21.3. The van der Waals surface area contributed by atoms with Gasteiger partial charge in [-0.1, -0.05) is 25.1 Å². The van der Waals surface area contributed by atoms with E-state index in [1.165, 1.54) is 5.56 Å². The van der Waals surface area contributed by atoms with Crippen molar-refractivity contribution >= 4 is 23.3 Å². The van der Waals surface area contributed by atoms with E-state index in [4.69, 9.17) is 0 Å². The summed E-state index contributed by atoms with van der Waals surface area (Å²) in [7, 11) is 0. The van der Waals surface area contributed by atoms with E-state index in [-0.39, 0.29) is 23.7 Å². The second kappa shape index (κ2) is 8.00. The first-order chi connectivity index (χ1) is 13.7. The van der Waals surface area contributed by atoms with Crippen LogP contribution in [0.1, 0.15) is 18.9 Å². The topological polar surface area (TPSA) is 65.5 Å². The summed E-state index contributed by atoms with van der Waals surface area (Å²) < 4.78 is 0. The number of rotatable bonds is 5. The SMILES string of the molecule is CCc1ccc(NC(=O)C2CC2C(=O)N2CCN(c3ccccn3)CC2)cc1. The van der Waals surface area contributed by atoms with Gasteiger partial charge in [-0.15, -0.1) is 0 Å². The Labute approximate surface area is 165 Å². The van der Waals surface area contributed by atoms with Crippen LogP contribution in [0.25, 0.3) is 0 Å². The van der Waals surface area contributed by atoms with Crippen molar-refractivity contribution in [3.63, 3.8) is 0 Å². The van der Waals surface area contributed by atoms with Gasteiger partial charge in [0.15, 0.2) is 0 Å². The molecular weight excluding hydrogens is 352 g/mol.